The maximum Gasteiger partial charge on any atom is 0.124 e. The molecule has 2 fully saturated rings. The lowest BCUT2D eigenvalue weighted by molar-refractivity contribution is 0.105. The molecule has 4 nitrogen and oxygen atoms in total. The summed E-state index contributed by atoms with van der Waals surface area (Å²) < 4.78 is 0. The highest BCUT2D eigenvalue weighted by atomic mass is 16.3. The van der Waals surface area contributed by atoms with Gasteiger partial charge in [0.25, 0.3) is 0 Å². The Morgan fingerprint density at radius 3 is 2.29 bits per heavy atom. The van der Waals surface area contributed by atoms with Crippen LogP contribution in [0, 0.1) is 0 Å². The van der Waals surface area contributed by atoms with Gasteiger partial charge >= 0.3 is 0 Å². The molecule has 3 rings (SSSR count). The number of rotatable bonds is 4. The van der Waals surface area contributed by atoms with Crippen LogP contribution < -0.4 is 5.32 Å². The molecule has 3 N–H and O–H groups in total. The fourth-order valence-corrected chi connectivity index (χ4v) is 4.28. The van der Waals surface area contributed by atoms with Crippen molar-refractivity contribution in [1.29, 1.82) is 0 Å². The highest BCUT2D eigenvalue weighted by Gasteiger charge is 2.37. The van der Waals surface area contributed by atoms with E-state index in [-0.39, 0.29) is 17.5 Å². The molecular formula is C17H26N2O2. The van der Waals surface area contributed by atoms with E-state index in [1.165, 1.54) is 25.7 Å². The molecular weight excluding hydrogens is 264 g/mol. The van der Waals surface area contributed by atoms with Crippen molar-refractivity contribution in [3.05, 3.63) is 23.8 Å². The summed E-state index contributed by atoms with van der Waals surface area (Å²) in [5, 5.41) is 23.9. The van der Waals surface area contributed by atoms with Crippen LogP contribution in [-0.4, -0.2) is 39.8 Å². The van der Waals surface area contributed by atoms with E-state index in [9.17, 15) is 10.2 Å². The molecule has 3 unspecified atom stereocenters. The zero-order valence-corrected chi connectivity index (χ0v) is 12.9. The van der Waals surface area contributed by atoms with Crippen molar-refractivity contribution < 1.29 is 10.2 Å². The topological polar surface area (TPSA) is 55.7 Å². The first-order valence-corrected chi connectivity index (χ1v) is 8.12. The van der Waals surface area contributed by atoms with Crippen LogP contribution in [0.15, 0.2) is 18.2 Å². The molecule has 0 saturated carbocycles. The second-order valence-corrected chi connectivity index (χ2v) is 6.48. The Morgan fingerprint density at radius 1 is 1.19 bits per heavy atom. The van der Waals surface area contributed by atoms with Crippen LogP contribution in [0.3, 0.4) is 0 Å². The van der Waals surface area contributed by atoms with Crippen LogP contribution in [0.1, 0.15) is 51.1 Å². The minimum absolute atomic E-state index is 0.0266. The van der Waals surface area contributed by atoms with E-state index in [0.717, 1.165) is 6.54 Å². The molecule has 0 radical (unpaired) electrons. The molecule has 116 valence electrons. The highest BCUT2D eigenvalue weighted by Crippen LogP contribution is 2.39. The molecule has 0 aromatic heterocycles. The average Bonchev–Trinajstić information content (AvgIpc) is 2.78. The second-order valence-electron chi connectivity index (χ2n) is 6.48. The number of fused-ring (bicyclic) bond motifs is 2. The molecule has 3 atom stereocenters. The zero-order valence-electron chi connectivity index (χ0n) is 12.9. The fraction of sp³-hybridized carbons (Fsp3) is 0.647. The van der Waals surface area contributed by atoms with Gasteiger partial charge in [0.2, 0.25) is 0 Å². The van der Waals surface area contributed by atoms with Crippen LogP contribution in [0.25, 0.3) is 0 Å². The Kier molecular flexibility index (Phi) is 4.09. The van der Waals surface area contributed by atoms with E-state index < -0.39 is 0 Å². The van der Waals surface area contributed by atoms with E-state index >= 15 is 0 Å². The number of benzene rings is 1. The van der Waals surface area contributed by atoms with Gasteiger partial charge < -0.3 is 15.5 Å². The largest absolute Gasteiger partial charge is 0.507 e. The molecule has 2 aliphatic rings. The molecule has 0 amide bonds. The summed E-state index contributed by atoms with van der Waals surface area (Å²) in [6.45, 7) is 5.18. The minimum Gasteiger partial charge on any atom is -0.507 e. The lowest BCUT2D eigenvalue weighted by Gasteiger charge is -2.41. The van der Waals surface area contributed by atoms with Crippen molar-refractivity contribution in [3.63, 3.8) is 0 Å². The normalized spacial score (nSPS) is 29.8. The molecule has 2 saturated heterocycles. The van der Waals surface area contributed by atoms with Crippen molar-refractivity contribution in [2.75, 3.05) is 6.54 Å². The van der Waals surface area contributed by atoms with Gasteiger partial charge in [0.15, 0.2) is 0 Å². The second kappa shape index (κ2) is 5.85. The Bertz CT molecular complexity index is 473. The van der Waals surface area contributed by atoms with E-state index in [1.807, 2.05) is 0 Å². The lowest BCUT2D eigenvalue weighted by Crippen LogP contribution is -2.48. The van der Waals surface area contributed by atoms with Gasteiger partial charge in [0.1, 0.15) is 11.5 Å². The molecule has 2 bridgehead atoms. The summed E-state index contributed by atoms with van der Waals surface area (Å²) in [6.07, 6.45) is 4.91. The summed E-state index contributed by atoms with van der Waals surface area (Å²) in [5.74, 6) is 0.385. The van der Waals surface area contributed by atoms with Crippen molar-refractivity contribution >= 4 is 0 Å². The van der Waals surface area contributed by atoms with E-state index in [2.05, 4.69) is 24.1 Å². The summed E-state index contributed by atoms with van der Waals surface area (Å²) in [6, 6.07) is 6.85. The number of aromatic hydroxyl groups is 2. The van der Waals surface area contributed by atoms with Crippen LogP contribution in [0.2, 0.25) is 0 Å². The smallest absolute Gasteiger partial charge is 0.124 e. The summed E-state index contributed by atoms with van der Waals surface area (Å²) in [5.41, 5.74) is 0.658. The first-order chi connectivity index (χ1) is 10.1. The number of phenolic OH excluding ortho intramolecular Hbond substituents is 2. The van der Waals surface area contributed by atoms with Crippen LogP contribution in [-0.2, 0) is 0 Å². The molecule has 21 heavy (non-hydrogen) atoms. The van der Waals surface area contributed by atoms with Gasteiger partial charge in [-0.1, -0.05) is 13.0 Å². The van der Waals surface area contributed by atoms with Gasteiger partial charge in [-0.15, -0.1) is 0 Å². The highest BCUT2D eigenvalue weighted by molar-refractivity contribution is 5.45. The Hall–Kier alpha value is -1.26. The minimum atomic E-state index is 0.0266. The molecule has 4 heteroatoms. The van der Waals surface area contributed by atoms with E-state index in [4.69, 9.17) is 0 Å². The summed E-state index contributed by atoms with van der Waals surface area (Å²) in [7, 11) is 0. The Balaban J connectivity index is 1.82. The van der Waals surface area contributed by atoms with Crippen molar-refractivity contribution in [2.45, 2.75) is 63.7 Å². The molecule has 2 aliphatic heterocycles. The zero-order chi connectivity index (χ0) is 15.0. The number of hydrogen-bond acceptors (Lipinski definition) is 4. The summed E-state index contributed by atoms with van der Waals surface area (Å²) in [4.78, 5) is 2.43. The third-order valence-electron chi connectivity index (χ3n) is 5.26. The van der Waals surface area contributed by atoms with Gasteiger partial charge in [-0.2, -0.15) is 0 Å². The van der Waals surface area contributed by atoms with Crippen LogP contribution >= 0.6 is 0 Å². The van der Waals surface area contributed by atoms with Crippen LogP contribution in [0.5, 0.6) is 11.5 Å². The van der Waals surface area contributed by atoms with E-state index in [0.29, 0.717) is 23.7 Å². The number of phenols is 2. The first-order valence-electron chi connectivity index (χ1n) is 8.12. The van der Waals surface area contributed by atoms with Crippen LogP contribution in [0.4, 0.5) is 0 Å². The maximum atomic E-state index is 10.1. The predicted molar refractivity (Wildman–Crippen MR) is 83.5 cm³/mol. The molecule has 1 aromatic rings. The molecule has 2 heterocycles. The SMILES string of the molecule is CCN(C1CC2CCC(C1)N2)C(C)c1c(O)cccc1O. The Morgan fingerprint density at radius 2 is 1.76 bits per heavy atom. The Labute approximate surface area is 126 Å². The third kappa shape index (κ3) is 2.74. The number of hydrogen-bond donors (Lipinski definition) is 3. The van der Waals surface area contributed by atoms with Gasteiger partial charge in [0.05, 0.1) is 5.56 Å². The first kappa shape index (κ1) is 14.7. The van der Waals surface area contributed by atoms with Gasteiger partial charge in [0, 0.05) is 24.2 Å². The quantitative estimate of drug-likeness (QED) is 0.798. The van der Waals surface area contributed by atoms with Crippen molar-refractivity contribution in [3.8, 4) is 11.5 Å². The maximum absolute atomic E-state index is 10.1. The third-order valence-corrected chi connectivity index (χ3v) is 5.26. The van der Waals surface area contributed by atoms with Gasteiger partial charge in [-0.25, -0.2) is 0 Å². The molecule has 0 aliphatic carbocycles. The summed E-state index contributed by atoms with van der Waals surface area (Å²) >= 11 is 0. The monoisotopic (exact) mass is 290 g/mol. The molecule has 1 aromatic carbocycles. The van der Waals surface area contributed by atoms with Gasteiger partial charge in [-0.05, 0) is 51.3 Å². The average molecular weight is 290 g/mol. The number of nitrogens with zero attached hydrogens (tertiary/aromatic N) is 1. The van der Waals surface area contributed by atoms with E-state index in [1.54, 1.807) is 18.2 Å². The predicted octanol–water partition coefficient (Wildman–Crippen LogP) is 2.76. The van der Waals surface area contributed by atoms with Gasteiger partial charge in [-0.3, -0.25) is 4.90 Å². The van der Waals surface area contributed by atoms with Crippen molar-refractivity contribution in [2.24, 2.45) is 0 Å². The molecule has 0 spiro atoms. The standard InChI is InChI=1S/C17H26N2O2/c1-3-19(14-9-12-7-8-13(10-14)18-12)11(2)17-15(20)5-4-6-16(17)21/h4-6,11-14,18,20-21H,3,7-10H2,1-2H3. The van der Waals surface area contributed by atoms with Crippen molar-refractivity contribution in [1.82, 2.24) is 10.2 Å². The number of piperidine rings is 1. The fourth-order valence-electron chi connectivity index (χ4n) is 4.28. The number of nitrogens with one attached hydrogen (secondary N) is 1. The lowest BCUT2D eigenvalue weighted by atomic mass is 9.94.